The summed E-state index contributed by atoms with van der Waals surface area (Å²) in [6.45, 7) is 6.55. The number of carbonyl (C=O) groups excluding carboxylic acids is 1. The maximum absolute atomic E-state index is 13.7. The van der Waals surface area contributed by atoms with Crippen LogP contribution in [0.3, 0.4) is 0 Å². The van der Waals surface area contributed by atoms with E-state index < -0.39 is 22.2 Å². The number of morpholine rings is 1. The second kappa shape index (κ2) is 13.7. The molecular formula is C30H39N3O7S. The minimum atomic E-state index is -3.98. The van der Waals surface area contributed by atoms with Crippen molar-refractivity contribution in [2.24, 2.45) is 5.92 Å². The van der Waals surface area contributed by atoms with Gasteiger partial charge in [0.15, 0.2) is 0 Å². The first-order valence-corrected chi connectivity index (χ1v) is 15.2. The minimum Gasteiger partial charge on any atom is -0.497 e. The topological polar surface area (TPSA) is 109 Å². The number of benzene rings is 2. The molecule has 0 aliphatic carbocycles. The Morgan fingerprint density at radius 1 is 1.17 bits per heavy atom. The second-order valence-corrected chi connectivity index (χ2v) is 12.4. The molecule has 1 N–H and O–H groups in total. The number of hydrogen-bond acceptors (Lipinski definition) is 8. The van der Waals surface area contributed by atoms with Gasteiger partial charge >= 0.3 is 0 Å². The molecule has 0 unspecified atom stereocenters. The number of likely N-dealkylation sites (N-methyl/N-ethyl adjacent to an activating group) is 1. The van der Waals surface area contributed by atoms with Gasteiger partial charge in [-0.3, -0.25) is 9.69 Å². The SMILES string of the molecule is COc1cccc(C#Cc2ccc3c(c2)O[C@H](CN(C)C(=O)CN2CCOCC2)[C@H](C)CN([C@H](C)CO)S3(=O)=O)c1. The van der Waals surface area contributed by atoms with Crippen molar-refractivity contribution in [2.75, 3.05) is 66.7 Å². The van der Waals surface area contributed by atoms with Crippen LogP contribution in [0.2, 0.25) is 0 Å². The summed E-state index contributed by atoms with van der Waals surface area (Å²) < 4.78 is 45.9. The molecule has 0 bridgehead atoms. The third-order valence-corrected chi connectivity index (χ3v) is 9.45. The summed E-state index contributed by atoms with van der Waals surface area (Å²) in [5.74, 6) is 6.71. The molecule has 2 heterocycles. The Balaban J connectivity index is 1.65. The summed E-state index contributed by atoms with van der Waals surface area (Å²) >= 11 is 0. The van der Waals surface area contributed by atoms with E-state index in [1.165, 1.54) is 10.4 Å². The van der Waals surface area contributed by atoms with E-state index >= 15 is 0 Å². The van der Waals surface area contributed by atoms with E-state index in [0.29, 0.717) is 37.6 Å². The van der Waals surface area contributed by atoms with E-state index in [1.807, 2.05) is 31.2 Å². The molecule has 2 aromatic carbocycles. The molecular weight excluding hydrogens is 546 g/mol. The number of amides is 1. The number of carbonyl (C=O) groups is 1. The van der Waals surface area contributed by atoms with Gasteiger partial charge in [0, 0.05) is 49.8 Å². The number of nitrogens with zero attached hydrogens (tertiary/aromatic N) is 3. The highest BCUT2D eigenvalue weighted by atomic mass is 32.2. The summed E-state index contributed by atoms with van der Waals surface area (Å²) in [5.41, 5.74) is 1.33. The lowest BCUT2D eigenvalue weighted by atomic mass is 10.0. The highest BCUT2D eigenvalue weighted by Gasteiger charge is 2.38. The molecule has 2 aromatic rings. The fourth-order valence-corrected chi connectivity index (χ4v) is 6.64. The molecule has 0 radical (unpaired) electrons. The molecule has 10 nitrogen and oxygen atoms in total. The molecule has 2 aliphatic rings. The molecule has 222 valence electrons. The van der Waals surface area contributed by atoms with E-state index in [2.05, 4.69) is 16.7 Å². The van der Waals surface area contributed by atoms with Crippen LogP contribution < -0.4 is 9.47 Å². The smallest absolute Gasteiger partial charge is 0.247 e. The summed E-state index contributed by atoms with van der Waals surface area (Å²) in [6, 6.07) is 11.5. The zero-order valence-corrected chi connectivity index (χ0v) is 24.9. The van der Waals surface area contributed by atoms with Crippen LogP contribution in [0.25, 0.3) is 0 Å². The Kier molecular flexibility index (Phi) is 10.3. The van der Waals surface area contributed by atoms with Crippen LogP contribution in [0.15, 0.2) is 47.4 Å². The Bertz CT molecular complexity index is 1380. The predicted octanol–water partition coefficient (Wildman–Crippen LogP) is 1.65. The first-order valence-electron chi connectivity index (χ1n) is 13.8. The zero-order valence-electron chi connectivity index (χ0n) is 24.1. The van der Waals surface area contributed by atoms with Gasteiger partial charge in [0.05, 0.1) is 40.0 Å². The highest BCUT2D eigenvalue weighted by molar-refractivity contribution is 7.89. The number of aliphatic hydroxyl groups is 1. The lowest BCUT2D eigenvalue weighted by Gasteiger charge is -2.38. The minimum absolute atomic E-state index is 0.00364. The summed E-state index contributed by atoms with van der Waals surface area (Å²) in [7, 11) is -0.658. The van der Waals surface area contributed by atoms with Crippen LogP contribution in [0.5, 0.6) is 11.5 Å². The van der Waals surface area contributed by atoms with Crippen LogP contribution in [0.1, 0.15) is 25.0 Å². The molecule has 41 heavy (non-hydrogen) atoms. The number of ether oxygens (including phenoxy) is 3. The van der Waals surface area contributed by atoms with E-state index in [-0.39, 0.29) is 48.7 Å². The quantitative estimate of drug-likeness (QED) is 0.489. The van der Waals surface area contributed by atoms with Crippen molar-refractivity contribution < 1.29 is 32.5 Å². The lowest BCUT2D eigenvalue weighted by molar-refractivity contribution is -0.133. The van der Waals surface area contributed by atoms with Gasteiger partial charge in [-0.05, 0) is 43.3 Å². The zero-order chi connectivity index (χ0) is 29.6. The fraction of sp³-hybridized carbons (Fsp3) is 0.500. The van der Waals surface area contributed by atoms with Gasteiger partial charge < -0.3 is 24.2 Å². The number of sulfonamides is 1. The third kappa shape index (κ3) is 7.58. The predicted molar refractivity (Wildman–Crippen MR) is 154 cm³/mol. The lowest BCUT2D eigenvalue weighted by Crippen LogP contribution is -2.51. The molecule has 4 rings (SSSR count). The molecule has 1 saturated heterocycles. The van der Waals surface area contributed by atoms with Crippen molar-refractivity contribution in [1.29, 1.82) is 0 Å². The first-order chi connectivity index (χ1) is 19.6. The Hall–Kier alpha value is -3.14. The molecule has 3 atom stereocenters. The number of methoxy groups -OCH3 is 1. The van der Waals surface area contributed by atoms with Gasteiger partial charge in [0.2, 0.25) is 15.9 Å². The largest absolute Gasteiger partial charge is 0.497 e. The maximum atomic E-state index is 13.7. The van der Waals surface area contributed by atoms with Gasteiger partial charge in [-0.2, -0.15) is 4.31 Å². The summed E-state index contributed by atoms with van der Waals surface area (Å²) in [6.07, 6.45) is -0.502. The maximum Gasteiger partial charge on any atom is 0.247 e. The molecule has 11 heteroatoms. The van der Waals surface area contributed by atoms with Crippen LogP contribution >= 0.6 is 0 Å². The standard InChI is InChI=1S/C30H39N3O7S/c1-22-18-33(23(2)21-34)41(36,37)29-11-10-25(9-8-24-6-5-7-26(16-24)38-4)17-27(29)40-28(22)19-31(3)30(35)20-32-12-14-39-15-13-32/h5-7,10-11,16-17,22-23,28,34H,12-15,18-21H2,1-4H3/t22-,23-,28-/m1/s1. The van der Waals surface area contributed by atoms with Crippen LogP contribution in [-0.2, 0) is 19.6 Å². The Morgan fingerprint density at radius 2 is 1.88 bits per heavy atom. The molecule has 0 spiro atoms. The number of fused-ring (bicyclic) bond motifs is 1. The highest BCUT2D eigenvalue weighted by Crippen LogP contribution is 2.34. The van der Waals surface area contributed by atoms with Crippen molar-refractivity contribution >= 4 is 15.9 Å². The van der Waals surface area contributed by atoms with E-state index in [9.17, 15) is 18.3 Å². The molecule has 0 saturated carbocycles. The average Bonchev–Trinajstić information content (AvgIpc) is 2.97. The van der Waals surface area contributed by atoms with E-state index in [1.54, 1.807) is 38.1 Å². The van der Waals surface area contributed by atoms with Gasteiger partial charge in [-0.15, -0.1) is 0 Å². The van der Waals surface area contributed by atoms with Gasteiger partial charge in [-0.25, -0.2) is 8.42 Å². The van der Waals surface area contributed by atoms with Crippen LogP contribution in [0, 0.1) is 17.8 Å². The molecule has 2 aliphatic heterocycles. The monoisotopic (exact) mass is 585 g/mol. The Morgan fingerprint density at radius 3 is 2.56 bits per heavy atom. The van der Waals surface area contributed by atoms with Crippen molar-refractivity contribution in [2.45, 2.75) is 30.9 Å². The van der Waals surface area contributed by atoms with Gasteiger partial charge in [-0.1, -0.05) is 24.8 Å². The Labute approximate surface area is 242 Å². The van der Waals surface area contributed by atoms with E-state index in [0.717, 1.165) is 5.56 Å². The average molecular weight is 586 g/mol. The van der Waals surface area contributed by atoms with Crippen molar-refractivity contribution in [3.8, 4) is 23.3 Å². The van der Waals surface area contributed by atoms with Crippen LogP contribution in [0.4, 0.5) is 0 Å². The van der Waals surface area contributed by atoms with E-state index in [4.69, 9.17) is 14.2 Å². The van der Waals surface area contributed by atoms with Gasteiger partial charge in [0.25, 0.3) is 0 Å². The first kappa shape index (κ1) is 30.8. The van der Waals surface area contributed by atoms with Gasteiger partial charge in [0.1, 0.15) is 22.5 Å². The number of hydrogen-bond donors (Lipinski definition) is 1. The normalized spacial score (nSPS) is 21.7. The van der Waals surface area contributed by atoms with Crippen molar-refractivity contribution in [3.63, 3.8) is 0 Å². The third-order valence-electron chi connectivity index (χ3n) is 7.43. The van der Waals surface area contributed by atoms with Crippen molar-refractivity contribution in [3.05, 3.63) is 53.6 Å². The second-order valence-electron chi connectivity index (χ2n) is 10.5. The summed E-state index contributed by atoms with van der Waals surface area (Å²) in [5, 5.41) is 9.88. The number of aliphatic hydroxyl groups excluding tert-OH is 1. The van der Waals surface area contributed by atoms with Crippen molar-refractivity contribution in [1.82, 2.24) is 14.1 Å². The molecule has 0 aromatic heterocycles. The number of rotatable bonds is 7. The fourth-order valence-electron chi connectivity index (χ4n) is 4.81. The summed E-state index contributed by atoms with van der Waals surface area (Å²) in [4.78, 5) is 16.8. The van der Waals surface area contributed by atoms with Crippen LogP contribution in [-0.4, -0.2) is 112 Å². The molecule has 1 fully saturated rings. The molecule has 1 amide bonds.